The molecule has 1 amide bonds. The van der Waals surface area contributed by atoms with E-state index in [0.717, 1.165) is 7.49 Å². The maximum atomic E-state index is 11.8. The molecule has 2 rings (SSSR count). The second kappa shape index (κ2) is 5.24. The van der Waals surface area contributed by atoms with Gasteiger partial charge in [0.2, 0.25) is 0 Å². The average molecular weight is 409 g/mol. The highest BCUT2D eigenvalue weighted by Crippen LogP contribution is 2.18. The fourth-order valence-electron chi connectivity index (χ4n) is 1.08. The van der Waals surface area contributed by atoms with Crippen LogP contribution in [0, 0.1) is 2.88 Å². The first-order valence-corrected chi connectivity index (χ1v) is 7.07. The van der Waals surface area contributed by atoms with Gasteiger partial charge in [0.1, 0.15) is 4.60 Å². The van der Waals surface area contributed by atoms with Crippen LogP contribution in [0.1, 0.15) is 10.4 Å². The highest BCUT2D eigenvalue weighted by Gasteiger charge is 2.08. The number of nitrogens with zero attached hydrogens (tertiary/aromatic N) is 1. The predicted molar refractivity (Wildman–Crippen MR) is 76.9 cm³/mol. The molecule has 16 heavy (non-hydrogen) atoms. The van der Waals surface area contributed by atoms with Crippen molar-refractivity contribution < 1.29 is 4.79 Å². The van der Waals surface area contributed by atoms with Gasteiger partial charge in [0.15, 0.2) is 0 Å². The summed E-state index contributed by atoms with van der Waals surface area (Å²) in [7, 11) is 0. The summed E-state index contributed by atoms with van der Waals surface area (Å²) in [6.07, 6.45) is 1.61. The number of rotatable bonds is 2. The Morgan fingerprint density at radius 2 is 2.31 bits per heavy atom. The van der Waals surface area contributed by atoms with Crippen molar-refractivity contribution in [1.29, 1.82) is 0 Å². The number of carbonyl (C=O) groups is 1. The third-order valence-electron chi connectivity index (χ3n) is 1.81. The summed E-state index contributed by atoms with van der Waals surface area (Å²) in [5.41, 5.74) is 1.37. The van der Waals surface area contributed by atoms with Gasteiger partial charge < -0.3 is 5.32 Å². The van der Waals surface area contributed by atoms with Gasteiger partial charge in [-0.3, -0.25) is 4.79 Å². The van der Waals surface area contributed by atoms with E-state index in [1.54, 1.807) is 29.7 Å². The molecular formula is C10H6BrIN2OS. The van der Waals surface area contributed by atoms with Crippen LogP contribution in [0.5, 0.6) is 0 Å². The van der Waals surface area contributed by atoms with Crippen molar-refractivity contribution in [2.75, 3.05) is 5.32 Å². The maximum Gasteiger partial charge on any atom is 0.256 e. The Kier molecular flexibility index (Phi) is 3.93. The van der Waals surface area contributed by atoms with Gasteiger partial charge in [0, 0.05) is 5.38 Å². The van der Waals surface area contributed by atoms with Gasteiger partial charge in [-0.15, -0.1) is 11.3 Å². The number of anilines is 1. The smallest absolute Gasteiger partial charge is 0.256 e. The molecule has 0 saturated carbocycles. The lowest BCUT2D eigenvalue weighted by atomic mass is 10.3. The Balaban J connectivity index is 2.10. The van der Waals surface area contributed by atoms with Crippen LogP contribution in [-0.4, -0.2) is 10.9 Å². The number of halogens is 2. The Hall–Kier alpha value is -0.470. The molecule has 0 bridgehead atoms. The minimum atomic E-state index is -0.108. The van der Waals surface area contributed by atoms with Crippen molar-refractivity contribution in [1.82, 2.24) is 4.98 Å². The van der Waals surface area contributed by atoms with E-state index >= 15 is 0 Å². The molecule has 2 aromatic heterocycles. The Morgan fingerprint density at radius 3 is 2.88 bits per heavy atom. The monoisotopic (exact) mass is 408 g/mol. The Bertz CT molecular complexity index is 512. The number of hydrogen-bond acceptors (Lipinski definition) is 3. The molecule has 0 aliphatic heterocycles. The third kappa shape index (κ3) is 3.02. The summed E-state index contributed by atoms with van der Waals surface area (Å²) in [4.78, 5) is 15.8. The summed E-state index contributed by atoms with van der Waals surface area (Å²) in [5.74, 6) is -0.108. The summed E-state index contributed by atoms with van der Waals surface area (Å²) < 4.78 is 1.84. The van der Waals surface area contributed by atoms with Crippen molar-refractivity contribution in [3.63, 3.8) is 0 Å². The van der Waals surface area contributed by atoms with Gasteiger partial charge in [-0.25, -0.2) is 4.98 Å². The second-order valence-electron chi connectivity index (χ2n) is 2.96. The molecule has 0 atom stereocenters. The van der Waals surface area contributed by atoms with Gasteiger partial charge in [-0.05, 0) is 56.7 Å². The molecule has 0 unspecified atom stereocenters. The Morgan fingerprint density at radius 1 is 1.50 bits per heavy atom. The molecule has 0 aliphatic rings. The number of amides is 1. The summed E-state index contributed by atoms with van der Waals surface area (Å²) in [5, 5.41) is 4.62. The van der Waals surface area contributed by atoms with Crippen molar-refractivity contribution in [3.8, 4) is 0 Å². The zero-order chi connectivity index (χ0) is 11.5. The lowest BCUT2D eigenvalue weighted by Crippen LogP contribution is -2.10. The van der Waals surface area contributed by atoms with Crippen LogP contribution in [0.3, 0.4) is 0 Å². The van der Waals surface area contributed by atoms with Crippen LogP contribution < -0.4 is 5.32 Å². The summed E-state index contributed by atoms with van der Waals surface area (Å²) in [6.45, 7) is 0. The van der Waals surface area contributed by atoms with E-state index in [1.807, 2.05) is 11.4 Å². The zero-order valence-electron chi connectivity index (χ0n) is 7.91. The molecule has 2 aromatic rings. The molecule has 0 aromatic carbocycles. The van der Waals surface area contributed by atoms with Gasteiger partial charge in [0.05, 0.1) is 20.3 Å². The van der Waals surface area contributed by atoms with Crippen molar-refractivity contribution >= 4 is 61.5 Å². The zero-order valence-corrected chi connectivity index (χ0v) is 12.5. The second-order valence-corrected chi connectivity index (χ2v) is 6.58. The maximum absolute atomic E-state index is 11.8. The molecular weight excluding hydrogens is 403 g/mol. The van der Waals surface area contributed by atoms with Crippen LogP contribution in [-0.2, 0) is 0 Å². The quantitative estimate of drug-likeness (QED) is 0.607. The lowest BCUT2D eigenvalue weighted by molar-refractivity contribution is 0.102. The van der Waals surface area contributed by atoms with Crippen LogP contribution >= 0.6 is 49.9 Å². The standard InChI is InChI=1S/C10H6BrIN2OS/c11-8-2-1-7(4-13-8)14-10(15)6-3-9(12)16-5-6/h1-5H,(H,14,15). The van der Waals surface area contributed by atoms with Crippen LogP contribution in [0.4, 0.5) is 5.69 Å². The largest absolute Gasteiger partial charge is 0.321 e. The minimum Gasteiger partial charge on any atom is -0.321 e. The fraction of sp³-hybridized carbons (Fsp3) is 0. The van der Waals surface area contributed by atoms with Gasteiger partial charge in [-0.2, -0.15) is 0 Å². The number of pyridine rings is 1. The molecule has 0 fully saturated rings. The van der Waals surface area contributed by atoms with Crippen LogP contribution in [0.2, 0.25) is 0 Å². The molecule has 0 aliphatic carbocycles. The number of carbonyl (C=O) groups excluding carboxylic acids is 1. The minimum absolute atomic E-state index is 0.108. The normalized spacial score (nSPS) is 10.1. The Labute approximate surface area is 119 Å². The number of aromatic nitrogens is 1. The molecule has 3 nitrogen and oxygen atoms in total. The van der Waals surface area contributed by atoms with Gasteiger partial charge >= 0.3 is 0 Å². The van der Waals surface area contributed by atoms with Crippen molar-refractivity contribution in [2.24, 2.45) is 0 Å². The predicted octanol–water partition coefficient (Wildman–Crippen LogP) is 3.76. The average Bonchev–Trinajstić information content (AvgIpc) is 2.68. The van der Waals surface area contributed by atoms with Crippen LogP contribution in [0.25, 0.3) is 0 Å². The first-order chi connectivity index (χ1) is 7.65. The lowest BCUT2D eigenvalue weighted by Gasteiger charge is -2.02. The van der Waals surface area contributed by atoms with E-state index in [1.165, 1.54) is 0 Å². The van der Waals surface area contributed by atoms with Crippen molar-refractivity contribution in [2.45, 2.75) is 0 Å². The van der Waals surface area contributed by atoms with E-state index < -0.39 is 0 Å². The van der Waals surface area contributed by atoms with Gasteiger partial charge in [0.25, 0.3) is 5.91 Å². The number of nitrogens with one attached hydrogen (secondary N) is 1. The number of hydrogen-bond donors (Lipinski definition) is 1. The topological polar surface area (TPSA) is 42.0 Å². The first kappa shape index (κ1) is 12.0. The number of thiophene rings is 1. The fourth-order valence-corrected chi connectivity index (χ4v) is 2.64. The van der Waals surface area contributed by atoms with Crippen LogP contribution in [0.15, 0.2) is 34.4 Å². The molecule has 0 saturated heterocycles. The summed E-state index contributed by atoms with van der Waals surface area (Å²) in [6, 6.07) is 5.44. The highest BCUT2D eigenvalue weighted by atomic mass is 127. The molecule has 6 heteroatoms. The molecule has 1 N–H and O–H groups in total. The third-order valence-corrected chi connectivity index (χ3v) is 4.07. The SMILES string of the molecule is O=C(Nc1ccc(Br)nc1)c1csc(I)c1. The van der Waals surface area contributed by atoms with E-state index in [0.29, 0.717) is 11.3 Å². The molecule has 0 spiro atoms. The van der Waals surface area contributed by atoms with Gasteiger partial charge in [-0.1, -0.05) is 0 Å². The van der Waals surface area contributed by atoms with Crippen molar-refractivity contribution in [3.05, 3.63) is 42.8 Å². The van der Waals surface area contributed by atoms with E-state index in [9.17, 15) is 4.79 Å². The molecule has 0 radical (unpaired) electrons. The van der Waals surface area contributed by atoms with E-state index in [-0.39, 0.29) is 5.91 Å². The van der Waals surface area contributed by atoms with E-state index in [2.05, 4.69) is 48.8 Å². The first-order valence-electron chi connectivity index (χ1n) is 4.32. The molecule has 82 valence electrons. The molecule has 2 heterocycles. The highest BCUT2D eigenvalue weighted by molar-refractivity contribution is 14.1. The van der Waals surface area contributed by atoms with E-state index in [4.69, 9.17) is 0 Å². The summed E-state index contributed by atoms with van der Waals surface area (Å²) >= 11 is 6.97.